The molecule has 1 atom stereocenters. The molecule has 0 aliphatic heterocycles. The number of hydrogen-bond acceptors (Lipinski definition) is 5. The van der Waals surface area contributed by atoms with Crippen molar-refractivity contribution in [1.82, 2.24) is 0 Å². The van der Waals surface area contributed by atoms with Crippen molar-refractivity contribution in [2.45, 2.75) is 11.3 Å². The molecule has 0 aliphatic rings. The number of nitrogen functional groups attached to an aromatic ring is 1. The number of nitro groups is 1. The fourth-order valence-electron chi connectivity index (χ4n) is 1.11. The third-order valence-corrected chi connectivity index (χ3v) is 5.33. The molecular formula is C9H11AsClN2O4. The van der Waals surface area contributed by atoms with Crippen LogP contribution in [0, 0.1) is 10.1 Å². The van der Waals surface area contributed by atoms with Crippen LogP contribution in [0.3, 0.4) is 0 Å². The Morgan fingerprint density at radius 1 is 1.59 bits per heavy atom. The normalized spacial score (nSPS) is 13.1. The summed E-state index contributed by atoms with van der Waals surface area (Å²) >= 11 is 5.36. The summed E-state index contributed by atoms with van der Waals surface area (Å²) in [5, 5.41) is 29.3. The van der Waals surface area contributed by atoms with Gasteiger partial charge in [-0.1, -0.05) is 0 Å². The molecule has 1 rings (SSSR count). The maximum absolute atomic E-state index is 10.7. The van der Waals surface area contributed by atoms with Crippen LogP contribution in [0.5, 0.6) is 0 Å². The number of benzene rings is 1. The van der Waals surface area contributed by atoms with Gasteiger partial charge >= 0.3 is 109 Å². The predicted molar refractivity (Wildman–Crippen MR) is 65.8 cm³/mol. The van der Waals surface area contributed by atoms with Gasteiger partial charge in [0.1, 0.15) is 0 Å². The first-order valence-electron chi connectivity index (χ1n) is 4.65. The van der Waals surface area contributed by atoms with Crippen LogP contribution in [0.15, 0.2) is 12.1 Å². The summed E-state index contributed by atoms with van der Waals surface area (Å²) < 4.78 is 0.622. The average Bonchev–Trinajstić information content (AvgIpc) is 2.26. The second-order valence-electron chi connectivity index (χ2n) is 3.30. The molecule has 1 radical (unpaired) electrons. The van der Waals surface area contributed by atoms with Crippen molar-refractivity contribution >= 4 is 43.1 Å². The summed E-state index contributed by atoms with van der Waals surface area (Å²) in [6.07, 6.45) is -0.817. The molecule has 0 amide bonds. The number of nitrogens with two attached hydrogens (primary N) is 1. The fraction of sp³-hybridized carbons (Fsp3) is 0.333. The molecule has 0 fully saturated rings. The van der Waals surface area contributed by atoms with Crippen LogP contribution in [0.25, 0.3) is 0 Å². The Labute approximate surface area is 109 Å². The minimum atomic E-state index is -0.817. The van der Waals surface area contributed by atoms with E-state index in [2.05, 4.69) is 0 Å². The van der Waals surface area contributed by atoms with E-state index in [1.807, 2.05) is 0 Å². The Hall–Kier alpha value is -0.812. The molecule has 0 aliphatic carbocycles. The van der Waals surface area contributed by atoms with Crippen molar-refractivity contribution in [1.29, 1.82) is 0 Å². The Balaban J connectivity index is 2.92. The van der Waals surface area contributed by atoms with Gasteiger partial charge in [0.2, 0.25) is 0 Å². The van der Waals surface area contributed by atoms with E-state index in [4.69, 9.17) is 22.4 Å². The molecule has 1 unspecified atom stereocenters. The number of anilines is 1. The summed E-state index contributed by atoms with van der Waals surface area (Å²) in [6.45, 7) is -0.329. The molecule has 6 nitrogen and oxygen atoms in total. The Morgan fingerprint density at radius 3 is 2.76 bits per heavy atom. The SMILES string of the molecule is Nc1cc(Cl)c([As]CC(O)CO)cc1[N+](=O)[O-]. The number of hydrogen-bond donors (Lipinski definition) is 3. The number of nitro benzene ring substituents is 1. The fourth-order valence-corrected chi connectivity index (χ4v) is 3.59. The Bertz CT molecular complexity index is 430. The van der Waals surface area contributed by atoms with Gasteiger partial charge in [-0.05, 0) is 0 Å². The molecule has 0 bridgehead atoms. The summed E-state index contributed by atoms with van der Waals surface area (Å²) in [5.74, 6) is 0. The van der Waals surface area contributed by atoms with Crippen molar-refractivity contribution in [3.8, 4) is 0 Å². The van der Waals surface area contributed by atoms with Gasteiger partial charge in [-0.25, -0.2) is 0 Å². The van der Waals surface area contributed by atoms with E-state index in [0.717, 1.165) is 0 Å². The molecule has 0 saturated carbocycles. The second kappa shape index (κ2) is 6.21. The molecule has 93 valence electrons. The van der Waals surface area contributed by atoms with Crippen molar-refractivity contribution in [3.05, 3.63) is 27.3 Å². The minimum absolute atomic E-state index is 0.0210. The molecule has 17 heavy (non-hydrogen) atoms. The molecule has 0 heterocycles. The molecule has 0 aromatic heterocycles. The van der Waals surface area contributed by atoms with E-state index in [0.29, 0.717) is 14.6 Å². The van der Waals surface area contributed by atoms with Gasteiger partial charge in [0.15, 0.2) is 0 Å². The zero-order valence-electron chi connectivity index (χ0n) is 8.71. The molecule has 0 spiro atoms. The Morgan fingerprint density at radius 2 is 2.24 bits per heavy atom. The van der Waals surface area contributed by atoms with Crippen LogP contribution in [-0.2, 0) is 0 Å². The third-order valence-electron chi connectivity index (χ3n) is 1.98. The average molecular weight is 322 g/mol. The first-order valence-corrected chi connectivity index (χ1v) is 7.30. The van der Waals surface area contributed by atoms with E-state index in [9.17, 15) is 15.2 Å². The molecule has 0 saturated heterocycles. The number of nitrogens with zero attached hydrogens (tertiary/aromatic N) is 1. The topological polar surface area (TPSA) is 110 Å². The first-order chi connectivity index (χ1) is 7.95. The number of rotatable bonds is 5. The number of aliphatic hydroxyl groups excluding tert-OH is 2. The van der Waals surface area contributed by atoms with Gasteiger partial charge in [0.25, 0.3) is 0 Å². The van der Waals surface area contributed by atoms with Gasteiger partial charge in [-0.15, -0.1) is 0 Å². The second-order valence-corrected chi connectivity index (χ2v) is 6.14. The first kappa shape index (κ1) is 14.3. The summed E-state index contributed by atoms with van der Waals surface area (Å²) in [5.41, 5.74) is 5.31. The summed E-state index contributed by atoms with van der Waals surface area (Å²) in [7, 11) is 0. The predicted octanol–water partition coefficient (Wildman–Crippen LogP) is -0.0686. The maximum atomic E-state index is 10.7. The molecule has 8 heteroatoms. The molecule has 1 aromatic carbocycles. The van der Waals surface area contributed by atoms with Gasteiger partial charge in [-0.2, -0.15) is 0 Å². The van der Waals surface area contributed by atoms with Gasteiger partial charge in [0.05, 0.1) is 0 Å². The zero-order valence-corrected chi connectivity index (χ0v) is 11.3. The van der Waals surface area contributed by atoms with E-state index in [1.54, 1.807) is 0 Å². The summed E-state index contributed by atoms with van der Waals surface area (Å²) in [6, 6.07) is 2.68. The number of halogens is 1. The van der Waals surface area contributed by atoms with Crippen LogP contribution in [0.4, 0.5) is 11.4 Å². The van der Waals surface area contributed by atoms with Gasteiger partial charge in [-0.3, -0.25) is 0 Å². The van der Waals surface area contributed by atoms with Crippen molar-refractivity contribution in [2.24, 2.45) is 0 Å². The van der Waals surface area contributed by atoms with Gasteiger partial charge < -0.3 is 0 Å². The Kier molecular flexibility index (Phi) is 5.21. The quantitative estimate of drug-likeness (QED) is 0.304. The van der Waals surface area contributed by atoms with Crippen LogP contribution in [0.2, 0.25) is 10.2 Å². The van der Waals surface area contributed by atoms with Crippen LogP contribution < -0.4 is 10.1 Å². The molecule has 4 N–H and O–H groups in total. The number of aliphatic hydroxyl groups is 2. The standard InChI is InChI=1S/C9H11AsClN2O4/c11-7-2-8(12)9(13(16)17)1-6(7)10-3-5(15)4-14/h1-2,5,14-15H,3-4,12H2. The van der Waals surface area contributed by atoms with Gasteiger partial charge in [0, 0.05) is 0 Å². The molecule has 1 aromatic rings. The van der Waals surface area contributed by atoms with E-state index >= 15 is 0 Å². The zero-order chi connectivity index (χ0) is 13.0. The molecular weight excluding hydrogens is 310 g/mol. The van der Waals surface area contributed by atoms with E-state index in [1.165, 1.54) is 12.1 Å². The third kappa shape index (κ3) is 3.85. The van der Waals surface area contributed by atoms with Crippen molar-refractivity contribution in [3.63, 3.8) is 0 Å². The van der Waals surface area contributed by atoms with E-state index < -0.39 is 26.8 Å². The van der Waals surface area contributed by atoms with Crippen molar-refractivity contribution in [2.75, 3.05) is 12.3 Å². The van der Waals surface area contributed by atoms with Crippen LogP contribution in [0.1, 0.15) is 0 Å². The van der Waals surface area contributed by atoms with Crippen molar-refractivity contribution < 1.29 is 15.1 Å². The summed E-state index contributed by atoms with van der Waals surface area (Å²) in [4.78, 5) is 10.1. The van der Waals surface area contributed by atoms with Crippen LogP contribution >= 0.6 is 11.6 Å². The van der Waals surface area contributed by atoms with Crippen LogP contribution in [-0.4, -0.2) is 43.6 Å². The monoisotopic (exact) mass is 321 g/mol. The van der Waals surface area contributed by atoms with E-state index in [-0.39, 0.29) is 18.0 Å².